The molecular formula is C7H12N2O. The van der Waals surface area contributed by atoms with Crippen molar-refractivity contribution in [3.63, 3.8) is 0 Å². The molecule has 2 fully saturated rings. The fraction of sp³-hybridized carbons (Fsp3) is 0.857. The molecule has 1 saturated carbocycles. The summed E-state index contributed by atoms with van der Waals surface area (Å²) in [5.41, 5.74) is 5.33. The molecule has 56 valence electrons. The third-order valence-electron chi connectivity index (χ3n) is 2.70. The Hall–Kier alpha value is -0.570. The fourth-order valence-corrected chi connectivity index (χ4v) is 1.98. The van der Waals surface area contributed by atoms with E-state index < -0.39 is 0 Å². The number of rotatable bonds is 1. The Morgan fingerprint density at radius 3 is 2.90 bits per heavy atom. The lowest BCUT2D eigenvalue weighted by Crippen LogP contribution is -2.30. The zero-order valence-corrected chi connectivity index (χ0v) is 5.89. The predicted molar refractivity (Wildman–Crippen MR) is 37.3 cm³/mol. The van der Waals surface area contributed by atoms with Crippen LogP contribution in [0.5, 0.6) is 0 Å². The zero-order valence-electron chi connectivity index (χ0n) is 5.89. The van der Waals surface area contributed by atoms with E-state index >= 15 is 0 Å². The topological polar surface area (TPSA) is 55.1 Å². The summed E-state index contributed by atoms with van der Waals surface area (Å²) < 4.78 is 0. The van der Waals surface area contributed by atoms with Crippen molar-refractivity contribution in [1.29, 1.82) is 0 Å². The summed E-state index contributed by atoms with van der Waals surface area (Å²) in [4.78, 5) is 10.7. The molecule has 1 saturated heterocycles. The normalized spacial score (nSPS) is 44.2. The second-order valence-electron chi connectivity index (χ2n) is 3.35. The smallest absolute Gasteiger partial charge is 0.222 e. The van der Waals surface area contributed by atoms with Crippen LogP contribution in [0.3, 0.4) is 0 Å². The summed E-state index contributed by atoms with van der Waals surface area (Å²) in [6.45, 7) is 1.06. The molecule has 0 aromatic carbocycles. The van der Waals surface area contributed by atoms with Gasteiger partial charge >= 0.3 is 0 Å². The lowest BCUT2D eigenvalue weighted by molar-refractivity contribution is -0.119. The molecule has 2 unspecified atom stereocenters. The SMILES string of the molecule is NC(=O)C1CC12CCCN2. The van der Waals surface area contributed by atoms with Crippen LogP contribution in [0.25, 0.3) is 0 Å². The largest absolute Gasteiger partial charge is 0.369 e. The molecule has 0 aromatic heterocycles. The van der Waals surface area contributed by atoms with E-state index in [0.29, 0.717) is 0 Å². The van der Waals surface area contributed by atoms with Gasteiger partial charge in [0.1, 0.15) is 0 Å². The van der Waals surface area contributed by atoms with Gasteiger partial charge in [0.2, 0.25) is 5.91 Å². The van der Waals surface area contributed by atoms with Crippen LogP contribution in [0.1, 0.15) is 19.3 Å². The Morgan fingerprint density at radius 1 is 1.70 bits per heavy atom. The summed E-state index contributed by atoms with van der Waals surface area (Å²) >= 11 is 0. The lowest BCUT2D eigenvalue weighted by atomic mass is 10.1. The average molecular weight is 140 g/mol. The molecule has 2 aliphatic rings. The van der Waals surface area contributed by atoms with Crippen LogP contribution in [0, 0.1) is 5.92 Å². The van der Waals surface area contributed by atoms with Crippen LogP contribution in [0.4, 0.5) is 0 Å². The van der Waals surface area contributed by atoms with Gasteiger partial charge in [0.15, 0.2) is 0 Å². The number of carbonyl (C=O) groups is 1. The number of amides is 1. The van der Waals surface area contributed by atoms with Gasteiger partial charge in [0.05, 0.1) is 5.92 Å². The van der Waals surface area contributed by atoms with Crippen LogP contribution in [-0.4, -0.2) is 18.0 Å². The van der Waals surface area contributed by atoms with Crippen LogP contribution in [0.2, 0.25) is 0 Å². The van der Waals surface area contributed by atoms with Crippen molar-refractivity contribution in [3.05, 3.63) is 0 Å². The predicted octanol–water partition coefficient (Wildman–Crippen LogP) is -0.386. The number of carbonyl (C=O) groups excluding carboxylic acids is 1. The highest BCUT2D eigenvalue weighted by Gasteiger charge is 2.58. The van der Waals surface area contributed by atoms with Gasteiger partial charge in [0, 0.05) is 5.54 Å². The van der Waals surface area contributed by atoms with Crippen LogP contribution < -0.4 is 11.1 Å². The van der Waals surface area contributed by atoms with Crippen molar-refractivity contribution in [1.82, 2.24) is 5.32 Å². The molecule has 1 amide bonds. The van der Waals surface area contributed by atoms with Gasteiger partial charge in [-0.15, -0.1) is 0 Å². The molecule has 3 heteroatoms. The Balaban J connectivity index is 2.04. The van der Waals surface area contributed by atoms with E-state index in [0.717, 1.165) is 19.4 Å². The van der Waals surface area contributed by atoms with Crippen molar-refractivity contribution < 1.29 is 4.79 Å². The molecule has 1 heterocycles. The van der Waals surface area contributed by atoms with Crippen molar-refractivity contribution in [2.24, 2.45) is 11.7 Å². The van der Waals surface area contributed by atoms with Crippen LogP contribution >= 0.6 is 0 Å². The first kappa shape index (κ1) is 6.16. The molecule has 10 heavy (non-hydrogen) atoms. The van der Waals surface area contributed by atoms with E-state index in [1.807, 2.05) is 0 Å². The molecule has 2 atom stereocenters. The first-order chi connectivity index (χ1) is 4.75. The maximum Gasteiger partial charge on any atom is 0.222 e. The van der Waals surface area contributed by atoms with Gasteiger partial charge in [0.25, 0.3) is 0 Å². The van der Waals surface area contributed by atoms with Crippen LogP contribution in [-0.2, 0) is 4.79 Å². The van der Waals surface area contributed by atoms with Crippen molar-refractivity contribution in [3.8, 4) is 0 Å². The number of nitrogens with one attached hydrogen (secondary N) is 1. The molecule has 0 bridgehead atoms. The molecule has 0 aromatic rings. The Bertz CT molecular complexity index is 172. The second kappa shape index (κ2) is 1.72. The Labute approximate surface area is 60.0 Å². The summed E-state index contributed by atoms with van der Waals surface area (Å²) in [7, 11) is 0. The second-order valence-corrected chi connectivity index (χ2v) is 3.35. The Morgan fingerprint density at radius 2 is 2.50 bits per heavy atom. The van der Waals surface area contributed by atoms with E-state index in [1.165, 1.54) is 6.42 Å². The maximum atomic E-state index is 10.7. The van der Waals surface area contributed by atoms with E-state index in [9.17, 15) is 4.79 Å². The van der Waals surface area contributed by atoms with E-state index in [1.54, 1.807) is 0 Å². The van der Waals surface area contributed by atoms with Gasteiger partial charge in [-0.3, -0.25) is 4.79 Å². The minimum absolute atomic E-state index is 0.130. The zero-order chi connectivity index (χ0) is 7.19. The summed E-state index contributed by atoms with van der Waals surface area (Å²) in [5, 5.41) is 3.34. The Kier molecular flexibility index (Phi) is 1.06. The third kappa shape index (κ3) is 0.669. The van der Waals surface area contributed by atoms with Gasteiger partial charge in [-0.1, -0.05) is 0 Å². The highest BCUT2D eigenvalue weighted by atomic mass is 16.1. The molecule has 1 aliphatic carbocycles. The number of primary amides is 1. The molecule has 0 radical (unpaired) electrons. The van der Waals surface area contributed by atoms with Crippen molar-refractivity contribution >= 4 is 5.91 Å². The summed E-state index contributed by atoms with van der Waals surface area (Å²) in [6, 6.07) is 0. The van der Waals surface area contributed by atoms with Crippen LogP contribution in [0.15, 0.2) is 0 Å². The van der Waals surface area contributed by atoms with E-state index in [-0.39, 0.29) is 17.4 Å². The van der Waals surface area contributed by atoms with Crippen molar-refractivity contribution in [2.45, 2.75) is 24.8 Å². The standard InChI is InChI=1S/C7H12N2O/c8-6(10)5-4-7(5)2-1-3-9-7/h5,9H,1-4H2,(H2,8,10). The van der Waals surface area contributed by atoms with Gasteiger partial charge in [-0.2, -0.15) is 0 Å². The minimum Gasteiger partial charge on any atom is -0.369 e. The summed E-state index contributed by atoms with van der Waals surface area (Å²) in [6.07, 6.45) is 3.31. The average Bonchev–Trinajstić information content (AvgIpc) is 2.32. The molecule has 1 spiro atoms. The van der Waals surface area contributed by atoms with Gasteiger partial charge in [-0.25, -0.2) is 0 Å². The molecule has 3 N–H and O–H groups in total. The van der Waals surface area contributed by atoms with Gasteiger partial charge < -0.3 is 11.1 Å². The van der Waals surface area contributed by atoms with E-state index in [4.69, 9.17) is 5.73 Å². The number of hydrogen-bond acceptors (Lipinski definition) is 2. The lowest BCUT2D eigenvalue weighted by Gasteiger charge is -2.05. The molecular weight excluding hydrogens is 128 g/mol. The third-order valence-corrected chi connectivity index (χ3v) is 2.70. The quantitative estimate of drug-likeness (QED) is 0.521. The minimum atomic E-state index is -0.130. The molecule has 2 rings (SSSR count). The maximum absolute atomic E-state index is 10.7. The van der Waals surface area contributed by atoms with Gasteiger partial charge in [-0.05, 0) is 25.8 Å². The van der Waals surface area contributed by atoms with Crippen molar-refractivity contribution in [2.75, 3.05) is 6.54 Å². The first-order valence-corrected chi connectivity index (χ1v) is 3.79. The first-order valence-electron chi connectivity index (χ1n) is 3.79. The van der Waals surface area contributed by atoms with E-state index in [2.05, 4.69) is 5.32 Å². The summed E-state index contributed by atoms with van der Waals surface area (Å²) in [5.74, 6) is 0.00407. The monoisotopic (exact) mass is 140 g/mol. The molecule has 3 nitrogen and oxygen atoms in total. The number of hydrogen-bond donors (Lipinski definition) is 2. The fourth-order valence-electron chi connectivity index (χ4n) is 1.98. The number of nitrogens with two attached hydrogens (primary N) is 1. The highest BCUT2D eigenvalue weighted by Crippen LogP contribution is 2.48. The highest BCUT2D eigenvalue weighted by molar-refractivity contribution is 5.82. The molecule has 1 aliphatic heterocycles.